The molecule has 0 bridgehead atoms. The molecule has 3 heterocycles. The van der Waals surface area contributed by atoms with Crippen LogP contribution in [-0.4, -0.2) is 34.6 Å². The Morgan fingerprint density at radius 2 is 1.92 bits per heavy atom. The van der Waals surface area contributed by atoms with Crippen LogP contribution in [0, 0.1) is 5.92 Å². The highest BCUT2D eigenvalue weighted by molar-refractivity contribution is 5.82. The summed E-state index contributed by atoms with van der Waals surface area (Å²) in [6.45, 7) is 2.72. The van der Waals surface area contributed by atoms with Crippen molar-refractivity contribution in [2.75, 3.05) is 24.5 Å². The molecular formula is C19H21N5. The van der Waals surface area contributed by atoms with E-state index in [0.29, 0.717) is 5.92 Å². The molecule has 1 aromatic carbocycles. The van der Waals surface area contributed by atoms with E-state index in [1.807, 2.05) is 36.7 Å². The summed E-state index contributed by atoms with van der Waals surface area (Å²) in [6, 6.07) is 12.2. The number of hydrogen-bond donors (Lipinski definition) is 1. The predicted molar refractivity (Wildman–Crippen MR) is 96.8 cm³/mol. The number of benzene rings is 1. The molecular weight excluding hydrogens is 298 g/mol. The summed E-state index contributed by atoms with van der Waals surface area (Å²) in [7, 11) is 0. The minimum Gasteiger partial charge on any atom is -0.341 e. The average molecular weight is 319 g/mol. The molecule has 0 amide bonds. The van der Waals surface area contributed by atoms with Crippen LogP contribution in [0.1, 0.15) is 12.8 Å². The summed E-state index contributed by atoms with van der Waals surface area (Å²) >= 11 is 0. The van der Waals surface area contributed by atoms with Crippen molar-refractivity contribution in [2.45, 2.75) is 12.8 Å². The van der Waals surface area contributed by atoms with Gasteiger partial charge in [-0.2, -0.15) is 0 Å². The van der Waals surface area contributed by atoms with Crippen LogP contribution in [0.25, 0.3) is 22.2 Å². The van der Waals surface area contributed by atoms with Gasteiger partial charge < -0.3 is 10.6 Å². The average Bonchev–Trinajstić information content (AvgIpc) is 2.68. The Labute approximate surface area is 141 Å². The van der Waals surface area contributed by atoms with E-state index < -0.39 is 0 Å². The number of rotatable bonds is 3. The minimum atomic E-state index is 0.633. The van der Waals surface area contributed by atoms with Crippen molar-refractivity contribution in [2.24, 2.45) is 11.7 Å². The molecule has 3 aromatic rings. The lowest BCUT2D eigenvalue weighted by Gasteiger charge is -2.31. The van der Waals surface area contributed by atoms with E-state index in [0.717, 1.165) is 60.6 Å². The number of para-hydroxylation sites is 1. The first-order valence-electron chi connectivity index (χ1n) is 8.47. The zero-order chi connectivity index (χ0) is 16.4. The van der Waals surface area contributed by atoms with E-state index >= 15 is 0 Å². The Kier molecular flexibility index (Phi) is 4.09. The van der Waals surface area contributed by atoms with Gasteiger partial charge in [0.2, 0.25) is 5.95 Å². The van der Waals surface area contributed by atoms with Gasteiger partial charge in [-0.3, -0.25) is 4.98 Å². The number of piperidine rings is 1. The summed E-state index contributed by atoms with van der Waals surface area (Å²) in [6.07, 6.45) is 5.94. The monoisotopic (exact) mass is 319 g/mol. The Morgan fingerprint density at radius 1 is 1.08 bits per heavy atom. The van der Waals surface area contributed by atoms with E-state index in [1.165, 1.54) is 0 Å². The molecule has 24 heavy (non-hydrogen) atoms. The Hall–Kier alpha value is -2.53. The molecule has 0 unspecified atom stereocenters. The van der Waals surface area contributed by atoms with Crippen LogP contribution in [0.15, 0.2) is 48.8 Å². The minimum absolute atomic E-state index is 0.633. The van der Waals surface area contributed by atoms with Crippen molar-refractivity contribution >= 4 is 16.9 Å². The van der Waals surface area contributed by atoms with Crippen molar-refractivity contribution in [3.8, 4) is 11.3 Å². The number of nitrogens with two attached hydrogens (primary N) is 1. The van der Waals surface area contributed by atoms with E-state index in [2.05, 4.69) is 27.0 Å². The van der Waals surface area contributed by atoms with Gasteiger partial charge in [-0.1, -0.05) is 18.2 Å². The van der Waals surface area contributed by atoms with Crippen LogP contribution >= 0.6 is 0 Å². The first kappa shape index (κ1) is 15.0. The Balaban J connectivity index is 1.62. The second-order valence-electron chi connectivity index (χ2n) is 6.32. The number of hydrogen-bond acceptors (Lipinski definition) is 5. The molecule has 2 N–H and O–H groups in total. The molecule has 2 aromatic heterocycles. The largest absolute Gasteiger partial charge is 0.341 e. The van der Waals surface area contributed by atoms with Crippen molar-refractivity contribution in [3.05, 3.63) is 48.8 Å². The van der Waals surface area contributed by atoms with Crippen LogP contribution in [-0.2, 0) is 0 Å². The molecule has 0 aliphatic carbocycles. The lowest BCUT2D eigenvalue weighted by Crippen LogP contribution is -2.37. The van der Waals surface area contributed by atoms with E-state index in [1.54, 1.807) is 0 Å². The molecule has 5 nitrogen and oxygen atoms in total. The lowest BCUT2D eigenvalue weighted by molar-refractivity contribution is 0.411. The summed E-state index contributed by atoms with van der Waals surface area (Å²) in [4.78, 5) is 16.0. The van der Waals surface area contributed by atoms with E-state index in [-0.39, 0.29) is 0 Å². The summed E-state index contributed by atoms with van der Waals surface area (Å²) < 4.78 is 0. The summed E-state index contributed by atoms with van der Waals surface area (Å²) in [5.74, 6) is 1.44. The second-order valence-corrected chi connectivity index (χ2v) is 6.32. The lowest BCUT2D eigenvalue weighted by atomic mass is 9.97. The Bertz CT molecular complexity index is 840. The second kappa shape index (κ2) is 6.53. The van der Waals surface area contributed by atoms with Gasteiger partial charge in [0, 0.05) is 36.4 Å². The quantitative estimate of drug-likeness (QED) is 0.804. The third kappa shape index (κ3) is 2.95. The van der Waals surface area contributed by atoms with Crippen LogP contribution in [0.4, 0.5) is 5.95 Å². The van der Waals surface area contributed by atoms with Crippen molar-refractivity contribution in [1.29, 1.82) is 0 Å². The summed E-state index contributed by atoms with van der Waals surface area (Å²) in [5, 5.41) is 1.12. The Morgan fingerprint density at radius 3 is 2.75 bits per heavy atom. The molecule has 1 aliphatic heterocycles. The van der Waals surface area contributed by atoms with E-state index in [4.69, 9.17) is 10.7 Å². The molecule has 0 spiro atoms. The molecule has 0 radical (unpaired) electrons. The van der Waals surface area contributed by atoms with Gasteiger partial charge in [-0.15, -0.1) is 0 Å². The SMILES string of the molecule is NCC1CCN(c2nccc(-c3cnc4ccccc4c3)n2)CC1. The molecule has 1 saturated heterocycles. The van der Waals surface area contributed by atoms with Gasteiger partial charge >= 0.3 is 0 Å². The van der Waals surface area contributed by atoms with E-state index in [9.17, 15) is 0 Å². The fraction of sp³-hybridized carbons (Fsp3) is 0.316. The maximum Gasteiger partial charge on any atom is 0.225 e. The maximum atomic E-state index is 5.78. The zero-order valence-electron chi connectivity index (χ0n) is 13.6. The third-order valence-corrected chi connectivity index (χ3v) is 4.76. The van der Waals surface area contributed by atoms with Crippen LogP contribution in [0.2, 0.25) is 0 Å². The van der Waals surface area contributed by atoms with Gasteiger partial charge in [-0.25, -0.2) is 9.97 Å². The third-order valence-electron chi connectivity index (χ3n) is 4.76. The van der Waals surface area contributed by atoms with Crippen molar-refractivity contribution in [3.63, 3.8) is 0 Å². The van der Waals surface area contributed by atoms with Gasteiger partial charge in [0.15, 0.2) is 0 Å². The first-order chi connectivity index (χ1) is 11.8. The number of pyridine rings is 1. The van der Waals surface area contributed by atoms with Gasteiger partial charge in [0.05, 0.1) is 11.2 Å². The maximum absolute atomic E-state index is 5.78. The standard InChI is InChI=1S/C19H21N5/c20-12-14-6-9-24(10-7-14)19-21-8-5-18(23-19)16-11-15-3-1-2-4-17(15)22-13-16/h1-5,8,11,13-14H,6-7,9-10,12,20H2. The zero-order valence-corrected chi connectivity index (χ0v) is 13.6. The molecule has 4 rings (SSSR count). The molecule has 0 atom stereocenters. The van der Waals surface area contributed by atoms with Crippen molar-refractivity contribution in [1.82, 2.24) is 15.0 Å². The topological polar surface area (TPSA) is 67.9 Å². The van der Waals surface area contributed by atoms with Gasteiger partial charge in [0.1, 0.15) is 0 Å². The number of fused-ring (bicyclic) bond motifs is 1. The van der Waals surface area contributed by atoms with Crippen LogP contribution in [0.5, 0.6) is 0 Å². The van der Waals surface area contributed by atoms with Gasteiger partial charge in [-0.05, 0) is 43.5 Å². The highest BCUT2D eigenvalue weighted by Crippen LogP contribution is 2.24. The molecule has 5 heteroatoms. The number of nitrogens with zero attached hydrogens (tertiary/aromatic N) is 4. The molecule has 1 fully saturated rings. The predicted octanol–water partition coefficient (Wildman–Crippen LogP) is 2.87. The van der Waals surface area contributed by atoms with Crippen molar-refractivity contribution < 1.29 is 0 Å². The molecule has 1 aliphatic rings. The first-order valence-corrected chi connectivity index (χ1v) is 8.47. The fourth-order valence-corrected chi connectivity index (χ4v) is 3.24. The normalized spacial score (nSPS) is 15.8. The highest BCUT2D eigenvalue weighted by atomic mass is 15.2. The molecule has 0 saturated carbocycles. The highest BCUT2D eigenvalue weighted by Gasteiger charge is 2.20. The fourth-order valence-electron chi connectivity index (χ4n) is 3.24. The summed E-state index contributed by atoms with van der Waals surface area (Å²) in [5.41, 5.74) is 8.71. The molecule has 122 valence electrons. The number of aromatic nitrogens is 3. The number of anilines is 1. The van der Waals surface area contributed by atoms with Gasteiger partial charge in [0.25, 0.3) is 0 Å². The van der Waals surface area contributed by atoms with Crippen LogP contribution in [0.3, 0.4) is 0 Å². The smallest absolute Gasteiger partial charge is 0.225 e. The van der Waals surface area contributed by atoms with Crippen LogP contribution < -0.4 is 10.6 Å².